The highest BCUT2D eigenvalue weighted by molar-refractivity contribution is 7.89. The molecule has 0 spiro atoms. The lowest BCUT2D eigenvalue weighted by atomic mass is 9.92. The molecule has 0 radical (unpaired) electrons. The maximum Gasteiger partial charge on any atom is 0.307 e. The number of aromatic nitrogens is 2. The topological polar surface area (TPSA) is 107 Å². The fourth-order valence-electron chi connectivity index (χ4n) is 3.23. The molecule has 9 heteroatoms. The summed E-state index contributed by atoms with van der Waals surface area (Å²) in [4.78, 5) is 27.9. The van der Waals surface area contributed by atoms with Crippen molar-refractivity contribution in [3.05, 3.63) is 45.9 Å². The van der Waals surface area contributed by atoms with Crippen molar-refractivity contribution in [3.63, 3.8) is 0 Å². The van der Waals surface area contributed by atoms with Crippen LogP contribution in [0.3, 0.4) is 0 Å². The van der Waals surface area contributed by atoms with Crippen LogP contribution in [0, 0.1) is 27.7 Å². The van der Waals surface area contributed by atoms with Gasteiger partial charge < -0.3 is 9.30 Å². The van der Waals surface area contributed by atoms with Crippen molar-refractivity contribution in [2.75, 3.05) is 6.54 Å². The van der Waals surface area contributed by atoms with Crippen molar-refractivity contribution < 1.29 is 22.7 Å². The molecule has 0 unspecified atom stereocenters. The van der Waals surface area contributed by atoms with E-state index < -0.39 is 16.0 Å². The van der Waals surface area contributed by atoms with Crippen LogP contribution in [-0.4, -0.2) is 36.3 Å². The van der Waals surface area contributed by atoms with Crippen molar-refractivity contribution in [3.8, 4) is 0 Å². The summed E-state index contributed by atoms with van der Waals surface area (Å²) in [6.45, 7) is 8.75. The van der Waals surface area contributed by atoms with Crippen LogP contribution in [0.5, 0.6) is 0 Å². The van der Waals surface area contributed by atoms with E-state index >= 15 is 0 Å². The van der Waals surface area contributed by atoms with Gasteiger partial charge in [-0.25, -0.2) is 18.1 Å². The second-order valence-corrected chi connectivity index (χ2v) is 8.80. The number of Topliss-reactive ketones (excluding diaryl/α,β-unsaturated/α-hetero) is 1. The number of esters is 1. The minimum atomic E-state index is -3.79. The number of benzene rings is 1. The van der Waals surface area contributed by atoms with E-state index in [0.717, 1.165) is 22.3 Å². The van der Waals surface area contributed by atoms with E-state index in [2.05, 4.69) is 9.71 Å². The number of nitrogens with zero attached hydrogens (tertiary/aromatic N) is 2. The molecule has 29 heavy (non-hydrogen) atoms. The molecule has 8 nitrogen and oxygen atoms in total. The smallest absolute Gasteiger partial charge is 0.307 e. The first-order valence-corrected chi connectivity index (χ1v) is 10.7. The average Bonchev–Trinajstić information content (AvgIpc) is 2.93. The van der Waals surface area contributed by atoms with Gasteiger partial charge in [-0.15, -0.1) is 0 Å². The third-order valence-electron chi connectivity index (χ3n) is 4.84. The number of hydrogen-bond acceptors (Lipinski definition) is 6. The Balaban J connectivity index is 1.96. The van der Waals surface area contributed by atoms with Crippen LogP contribution in [0.1, 0.15) is 51.8 Å². The summed E-state index contributed by atoms with van der Waals surface area (Å²) in [5.74, 6) is -0.000977. The van der Waals surface area contributed by atoms with Gasteiger partial charge in [-0.2, -0.15) is 0 Å². The summed E-state index contributed by atoms with van der Waals surface area (Å²) >= 11 is 0. The summed E-state index contributed by atoms with van der Waals surface area (Å²) < 4.78 is 33.7. The zero-order chi connectivity index (χ0) is 21.9. The molecule has 0 amide bonds. The van der Waals surface area contributed by atoms with Crippen LogP contribution in [0.25, 0.3) is 0 Å². The van der Waals surface area contributed by atoms with Crippen molar-refractivity contribution in [2.24, 2.45) is 7.05 Å². The van der Waals surface area contributed by atoms with E-state index in [9.17, 15) is 18.0 Å². The Bertz CT molecular complexity index is 1040. The van der Waals surface area contributed by atoms with Crippen molar-refractivity contribution >= 4 is 21.8 Å². The minimum absolute atomic E-state index is 0.0310. The Morgan fingerprint density at radius 1 is 1.17 bits per heavy atom. The second-order valence-electron chi connectivity index (χ2n) is 7.09. The number of sulfonamides is 1. The van der Waals surface area contributed by atoms with E-state index in [0.29, 0.717) is 11.4 Å². The Morgan fingerprint density at radius 2 is 1.83 bits per heavy atom. The number of ether oxygens (including phenoxy) is 1. The summed E-state index contributed by atoms with van der Waals surface area (Å²) in [7, 11) is -2.09. The number of rotatable bonds is 8. The molecule has 0 saturated heterocycles. The van der Waals surface area contributed by atoms with Gasteiger partial charge in [0.1, 0.15) is 12.4 Å². The lowest BCUT2D eigenvalue weighted by molar-refractivity contribution is -0.144. The van der Waals surface area contributed by atoms with Gasteiger partial charge in [-0.3, -0.25) is 9.59 Å². The fraction of sp³-hybridized carbons (Fsp3) is 0.450. The van der Waals surface area contributed by atoms with Crippen LogP contribution >= 0.6 is 0 Å². The molecular weight excluding hydrogens is 394 g/mol. The number of ketones is 1. The van der Waals surface area contributed by atoms with Crippen molar-refractivity contribution in [1.82, 2.24) is 14.3 Å². The molecule has 2 rings (SSSR count). The molecule has 1 aromatic heterocycles. The van der Waals surface area contributed by atoms with Gasteiger partial charge in [0.15, 0.2) is 10.8 Å². The number of carbonyl (C=O) groups is 2. The predicted octanol–water partition coefficient (Wildman–Crippen LogP) is 2.27. The number of imidazole rings is 1. The monoisotopic (exact) mass is 421 g/mol. The first-order chi connectivity index (χ1) is 13.4. The molecule has 0 atom stereocenters. The molecule has 1 N–H and O–H groups in total. The third-order valence-corrected chi connectivity index (χ3v) is 6.18. The van der Waals surface area contributed by atoms with E-state index in [1.54, 1.807) is 18.5 Å². The van der Waals surface area contributed by atoms with Crippen LogP contribution in [-0.2, 0) is 33.2 Å². The molecule has 0 bridgehead atoms. The first kappa shape index (κ1) is 22.8. The molecule has 0 aliphatic rings. The van der Waals surface area contributed by atoms with E-state index in [4.69, 9.17) is 4.74 Å². The van der Waals surface area contributed by atoms with Crippen LogP contribution in [0.15, 0.2) is 17.3 Å². The van der Waals surface area contributed by atoms with Crippen LogP contribution in [0.2, 0.25) is 0 Å². The minimum Gasteiger partial charge on any atom is -0.461 e. The second kappa shape index (κ2) is 8.87. The first-order valence-electron chi connectivity index (χ1n) is 9.20. The molecule has 0 aliphatic heterocycles. The van der Waals surface area contributed by atoms with Gasteiger partial charge in [0, 0.05) is 25.4 Å². The highest BCUT2D eigenvalue weighted by Gasteiger charge is 2.19. The lowest BCUT2D eigenvalue weighted by Gasteiger charge is -2.16. The molecule has 1 aromatic carbocycles. The SMILES string of the molecule is CC(=O)c1c(C)cc(C)c(COC(=O)CCNS(=O)(=O)c2cn(C)c(C)n2)c1C. The van der Waals surface area contributed by atoms with Crippen molar-refractivity contribution in [1.29, 1.82) is 0 Å². The van der Waals surface area contributed by atoms with E-state index in [1.807, 2.05) is 26.8 Å². The van der Waals surface area contributed by atoms with Gasteiger partial charge >= 0.3 is 5.97 Å². The summed E-state index contributed by atoms with van der Waals surface area (Å²) in [5, 5.41) is -0.0893. The molecule has 158 valence electrons. The van der Waals surface area contributed by atoms with Gasteiger partial charge in [-0.1, -0.05) is 6.07 Å². The van der Waals surface area contributed by atoms with Gasteiger partial charge in [0.25, 0.3) is 10.0 Å². The lowest BCUT2D eigenvalue weighted by Crippen LogP contribution is -2.27. The summed E-state index contributed by atoms with van der Waals surface area (Å²) in [6.07, 6.45) is 1.29. The zero-order valence-corrected chi connectivity index (χ0v) is 18.4. The largest absolute Gasteiger partial charge is 0.461 e. The predicted molar refractivity (Wildman–Crippen MR) is 108 cm³/mol. The quantitative estimate of drug-likeness (QED) is 0.517. The molecule has 2 aromatic rings. The highest BCUT2D eigenvalue weighted by Crippen LogP contribution is 2.23. The van der Waals surface area contributed by atoms with Crippen LogP contribution in [0.4, 0.5) is 0 Å². The van der Waals surface area contributed by atoms with Crippen LogP contribution < -0.4 is 4.72 Å². The third kappa shape index (κ3) is 5.30. The molecule has 0 fully saturated rings. The maximum atomic E-state index is 12.2. The average molecular weight is 422 g/mol. The molecule has 0 saturated carbocycles. The number of aryl methyl sites for hydroxylation is 4. The Labute approximate surface area is 171 Å². The molecular formula is C20H27N3O5S. The Morgan fingerprint density at radius 3 is 2.38 bits per heavy atom. The molecule has 0 aliphatic carbocycles. The number of carbonyl (C=O) groups excluding carboxylic acids is 2. The molecule has 1 heterocycles. The maximum absolute atomic E-state index is 12.2. The Hall–Kier alpha value is -2.52. The van der Waals surface area contributed by atoms with Gasteiger partial charge in [0.2, 0.25) is 0 Å². The van der Waals surface area contributed by atoms with Crippen molar-refractivity contribution in [2.45, 2.75) is 52.7 Å². The van der Waals surface area contributed by atoms with E-state index in [1.165, 1.54) is 13.1 Å². The Kier molecular flexibility index (Phi) is 6.97. The summed E-state index contributed by atoms with van der Waals surface area (Å²) in [5.41, 5.74) is 4.05. The number of nitrogens with one attached hydrogen (secondary N) is 1. The van der Waals surface area contributed by atoms with Gasteiger partial charge in [-0.05, 0) is 56.9 Å². The summed E-state index contributed by atoms with van der Waals surface area (Å²) in [6, 6.07) is 1.90. The van der Waals surface area contributed by atoms with E-state index in [-0.39, 0.29) is 30.4 Å². The fourth-order valence-corrected chi connectivity index (χ4v) is 4.30. The standard InChI is InChI=1S/C20H27N3O5S/c1-12-9-13(2)20(15(4)24)14(3)17(12)11-28-19(25)7-8-21-29(26,27)18-10-23(6)16(5)22-18/h9-10,21H,7-8,11H2,1-6H3. The zero-order valence-electron chi connectivity index (χ0n) is 17.6. The number of hydrogen-bond donors (Lipinski definition) is 1. The normalized spacial score (nSPS) is 11.5. The highest BCUT2D eigenvalue weighted by atomic mass is 32.2. The van der Waals surface area contributed by atoms with Gasteiger partial charge in [0.05, 0.1) is 6.42 Å².